The SMILES string of the molecule is Cc1cncc(C)c1-c1nc(Nc2ccc3c(c2)C=NC3)c2ccccc2n1. The lowest BCUT2D eigenvalue weighted by Gasteiger charge is -2.14. The predicted octanol–water partition coefficient (Wildman–Crippen LogP) is 4.98. The number of aliphatic imine (C=N–C) groups is 1. The fraction of sp³-hybridized carbons (Fsp3) is 0.130. The molecule has 5 heteroatoms. The molecule has 0 saturated carbocycles. The second-order valence-corrected chi connectivity index (χ2v) is 7.07. The Morgan fingerprint density at radius 3 is 2.61 bits per heavy atom. The molecule has 2 aromatic carbocycles. The zero-order chi connectivity index (χ0) is 19.1. The zero-order valence-corrected chi connectivity index (χ0v) is 15.8. The van der Waals surface area contributed by atoms with E-state index in [-0.39, 0.29) is 0 Å². The molecule has 1 aliphatic heterocycles. The van der Waals surface area contributed by atoms with Gasteiger partial charge in [-0.2, -0.15) is 0 Å². The maximum Gasteiger partial charge on any atom is 0.162 e. The van der Waals surface area contributed by atoms with Gasteiger partial charge in [0.25, 0.3) is 0 Å². The van der Waals surface area contributed by atoms with Crippen molar-refractivity contribution in [1.29, 1.82) is 0 Å². The number of aryl methyl sites for hydroxylation is 2. The molecular weight excluding hydrogens is 346 g/mol. The Hall–Kier alpha value is -3.60. The second kappa shape index (κ2) is 6.53. The molecule has 0 unspecified atom stereocenters. The lowest BCUT2D eigenvalue weighted by Crippen LogP contribution is -2.02. The van der Waals surface area contributed by atoms with Crippen LogP contribution in [-0.4, -0.2) is 21.2 Å². The Labute approximate surface area is 163 Å². The third-order valence-corrected chi connectivity index (χ3v) is 5.05. The van der Waals surface area contributed by atoms with Gasteiger partial charge in [0.15, 0.2) is 5.82 Å². The van der Waals surface area contributed by atoms with Crippen molar-refractivity contribution >= 4 is 28.6 Å². The van der Waals surface area contributed by atoms with E-state index >= 15 is 0 Å². The van der Waals surface area contributed by atoms with Gasteiger partial charge in [-0.3, -0.25) is 9.98 Å². The predicted molar refractivity (Wildman–Crippen MR) is 113 cm³/mol. The summed E-state index contributed by atoms with van der Waals surface area (Å²) >= 11 is 0. The average molecular weight is 365 g/mol. The first-order valence-electron chi connectivity index (χ1n) is 9.27. The molecule has 4 aromatic rings. The molecule has 0 amide bonds. The van der Waals surface area contributed by atoms with E-state index in [0.717, 1.165) is 51.2 Å². The first-order valence-corrected chi connectivity index (χ1v) is 9.27. The van der Waals surface area contributed by atoms with Gasteiger partial charge in [0.2, 0.25) is 0 Å². The van der Waals surface area contributed by atoms with Crippen molar-refractivity contribution in [2.24, 2.45) is 4.99 Å². The summed E-state index contributed by atoms with van der Waals surface area (Å²) in [6.45, 7) is 4.85. The van der Waals surface area contributed by atoms with Crippen LogP contribution in [0.4, 0.5) is 11.5 Å². The minimum atomic E-state index is 0.710. The first-order chi connectivity index (χ1) is 13.7. The summed E-state index contributed by atoms with van der Waals surface area (Å²) in [4.78, 5) is 18.3. The quantitative estimate of drug-likeness (QED) is 0.556. The normalized spacial score (nSPS) is 12.4. The van der Waals surface area contributed by atoms with E-state index < -0.39 is 0 Å². The van der Waals surface area contributed by atoms with Crippen LogP contribution in [0.3, 0.4) is 0 Å². The summed E-state index contributed by atoms with van der Waals surface area (Å²) < 4.78 is 0. The Morgan fingerprint density at radius 2 is 1.75 bits per heavy atom. The van der Waals surface area contributed by atoms with Crippen LogP contribution in [0.1, 0.15) is 22.3 Å². The van der Waals surface area contributed by atoms with Gasteiger partial charge in [-0.25, -0.2) is 9.97 Å². The number of nitrogens with zero attached hydrogens (tertiary/aromatic N) is 4. The highest BCUT2D eigenvalue weighted by Crippen LogP contribution is 2.30. The van der Waals surface area contributed by atoms with Gasteiger partial charge in [0.1, 0.15) is 5.82 Å². The van der Waals surface area contributed by atoms with Crippen molar-refractivity contribution in [3.63, 3.8) is 0 Å². The number of anilines is 2. The summed E-state index contributed by atoms with van der Waals surface area (Å²) in [7, 11) is 0. The Bertz CT molecular complexity index is 1220. The third-order valence-electron chi connectivity index (χ3n) is 5.05. The molecule has 0 radical (unpaired) electrons. The number of rotatable bonds is 3. The van der Waals surface area contributed by atoms with Crippen LogP contribution in [0.25, 0.3) is 22.3 Å². The first kappa shape index (κ1) is 16.6. The van der Waals surface area contributed by atoms with Crippen molar-refractivity contribution in [2.75, 3.05) is 5.32 Å². The Balaban J connectivity index is 1.66. The summed E-state index contributed by atoms with van der Waals surface area (Å²) in [5.74, 6) is 1.51. The van der Waals surface area contributed by atoms with E-state index in [1.54, 1.807) is 0 Å². The minimum absolute atomic E-state index is 0.710. The highest BCUT2D eigenvalue weighted by atomic mass is 15.0. The molecule has 1 N–H and O–H groups in total. The number of hydrogen-bond acceptors (Lipinski definition) is 5. The molecule has 0 fully saturated rings. The van der Waals surface area contributed by atoms with Gasteiger partial charge in [0.05, 0.1) is 12.1 Å². The van der Waals surface area contributed by atoms with Crippen LogP contribution in [0.15, 0.2) is 59.9 Å². The highest BCUT2D eigenvalue weighted by molar-refractivity contribution is 5.93. The molecule has 3 heterocycles. The van der Waals surface area contributed by atoms with Crippen LogP contribution in [0.2, 0.25) is 0 Å². The van der Waals surface area contributed by atoms with E-state index in [2.05, 4.69) is 33.5 Å². The second-order valence-electron chi connectivity index (χ2n) is 7.07. The standard InChI is InChI=1S/C23H19N5/c1-14-10-24-11-15(2)21(14)23-27-20-6-4-3-5-19(20)22(28-23)26-18-8-7-16-12-25-13-17(16)9-18/h3-11,13H,12H2,1-2H3,(H,26,27,28). The van der Waals surface area contributed by atoms with Gasteiger partial charge >= 0.3 is 0 Å². The lowest BCUT2D eigenvalue weighted by molar-refractivity contribution is 1.11. The summed E-state index contributed by atoms with van der Waals surface area (Å²) in [6, 6.07) is 14.4. The van der Waals surface area contributed by atoms with Gasteiger partial charge in [-0.1, -0.05) is 18.2 Å². The van der Waals surface area contributed by atoms with Crippen LogP contribution in [-0.2, 0) is 6.54 Å². The lowest BCUT2D eigenvalue weighted by atomic mass is 10.1. The third kappa shape index (κ3) is 2.81. The van der Waals surface area contributed by atoms with Crippen LogP contribution >= 0.6 is 0 Å². The fourth-order valence-electron chi connectivity index (χ4n) is 3.65. The van der Waals surface area contributed by atoms with Crippen molar-refractivity contribution in [1.82, 2.24) is 15.0 Å². The summed E-state index contributed by atoms with van der Waals surface area (Å²) in [6.07, 6.45) is 5.63. The van der Waals surface area contributed by atoms with Crippen LogP contribution in [0, 0.1) is 13.8 Å². The largest absolute Gasteiger partial charge is 0.340 e. The molecule has 1 aliphatic rings. The van der Waals surface area contributed by atoms with Crippen molar-refractivity contribution in [3.05, 3.63) is 77.1 Å². The van der Waals surface area contributed by atoms with Crippen molar-refractivity contribution in [3.8, 4) is 11.4 Å². The zero-order valence-electron chi connectivity index (χ0n) is 15.8. The minimum Gasteiger partial charge on any atom is -0.340 e. The average Bonchev–Trinajstić information content (AvgIpc) is 3.16. The molecule has 136 valence electrons. The molecule has 0 atom stereocenters. The monoisotopic (exact) mass is 365 g/mol. The molecular formula is C23H19N5. The molecule has 0 bridgehead atoms. The van der Waals surface area contributed by atoms with E-state index in [9.17, 15) is 0 Å². The number of benzene rings is 2. The van der Waals surface area contributed by atoms with Gasteiger partial charge < -0.3 is 5.32 Å². The molecule has 2 aromatic heterocycles. The van der Waals surface area contributed by atoms with Gasteiger partial charge in [-0.15, -0.1) is 0 Å². The van der Waals surface area contributed by atoms with Gasteiger partial charge in [-0.05, 0) is 60.4 Å². The van der Waals surface area contributed by atoms with E-state index in [0.29, 0.717) is 5.82 Å². The van der Waals surface area contributed by atoms with Gasteiger partial charge in [0, 0.05) is 35.2 Å². The maximum atomic E-state index is 4.90. The number of para-hydroxylation sites is 1. The van der Waals surface area contributed by atoms with Crippen molar-refractivity contribution in [2.45, 2.75) is 20.4 Å². The Kier molecular flexibility index (Phi) is 3.86. The molecule has 28 heavy (non-hydrogen) atoms. The topological polar surface area (TPSA) is 63.1 Å². The molecule has 5 rings (SSSR count). The smallest absolute Gasteiger partial charge is 0.162 e. The summed E-state index contributed by atoms with van der Waals surface area (Å²) in [5, 5.41) is 4.49. The van der Waals surface area contributed by atoms with Crippen molar-refractivity contribution < 1.29 is 0 Å². The molecule has 5 nitrogen and oxygen atoms in total. The number of aromatic nitrogens is 3. The number of pyridine rings is 1. The van der Waals surface area contributed by atoms with Crippen LogP contribution < -0.4 is 5.32 Å². The molecule has 0 aliphatic carbocycles. The van der Waals surface area contributed by atoms with E-state index in [1.807, 2.05) is 56.7 Å². The number of fused-ring (bicyclic) bond motifs is 2. The van der Waals surface area contributed by atoms with E-state index in [4.69, 9.17) is 9.97 Å². The molecule has 0 saturated heterocycles. The highest BCUT2D eigenvalue weighted by Gasteiger charge is 2.14. The Morgan fingerprint density at radius 1 is 0.929 bits per heavy atom. The number of nitrogens with one attached hydrogen (secondary N) is 1. The summed E-state index contributed by atoms with van der Waals surface area (Å²) in [5.41, 5.74) is 7.47. The number of hydrogen-bond donors (Lipinski definition) is 1. The van der Waals surface area contributed by atoms with E-state index in [1.165, 1.54) is 5.56 Å². The fourth-order valence-corrected chi connectivity index (χ4v) is 3.65. The molecule has 0 spiro atoms. The maximum absolute atomic E-state index is 4.90. The van der Waals surface area contributed by atoms with Crippen LogP contribution in [0.5, 0.6) is 0 Å².